The highest BCUT2D eigenvalue weighted by Gasteiger charge is 2.36. The second-order valence-corrected chi connectivity index (χ2v) is 20.1. The van der Waals surface area contributed by atoms with Crippen molar-refractivity contribution in [2.24, 2.45) is 27.1 Å². The number of hydrogen-bond donors (Lipinski definition) is 21. The smallest absolute Gasteiger partial charge is 0.327 e. The summed E-state index contributed by atoms with van der Waals surface area (Å²) in [7, 11) is 0. The fraction of sp³-hybridized carbons (Fsp3) is 0.833. The second-order valence-electron chi connectivity index (χ2n) is 20.1. The van der Waals surface area contributed by atoms with E-state index in [1.165, 1.54) is 0 Å². The number of carboxylic acids is 1. The summed E-state index contributed by atoms with van der Waals surface area (Å²) < 4.78 is 0. The lowest BCUT2D eigenvalue weighted by Crippen LogP contribution is -2.45. The minimum Gasteiger partial charge on any atom is -0.478 e. The van der Waals surface area contributed by atoms with Crippen LogP contribution in [0.5, 0.6) is 0 Å². The number of rotatable bonds is 31. The Balaban J connectivity index is -0.000000194. The van der Waals surface area contributed by atoms with Gasteiger partial charge < -0.3 is 108 Å². The van der Waals surface area contributed by atoms with Crippen LogP contribution in [0.3, 0.4) is 0 Å². The topological polar surface area (TPSA) is 486 Å². The summed E-state index contributed by atoms with van der Waals surface area (Å²) in [6.45, 7) is 19.3. The van der Waals surface area contributed by atoms with Crippen LogP contribution in [0.25, 0.3) is 0 Å². The molecule has 0 aromatic rings. The van der Waals surface area contributed by atoms with Crippen molar-refractivity contribution in [2.75, 3.05) is 98.8 Å². The van der Waals surface area contributed by atoms with Crippen LogP contribution in [0.2, 0.25) is 0 Å². The minimum atomic E-state index is -1.23. The van der Waals surface area contributed by atoms with E-state index in [1.54, 1.807) is 69.2 Å². The van der Waals surface area contributed by atoms with Gasteiger partial charge in [-0.25, -0.2) is 4.79 Å². The molecule has 0 rings (SSSR count). The van der Waals surface area contributed by atoms with Gasteiger partial charge in [0.25, 0.3) is 0 Å². The molecule has 5 amide bonds. The highest BCUT2D eigenvalue weighted by Crippen LogP contribution is 2.22. The third-order valence-electron chi connectivity index (χ3n) is 10.3. The molecule has 0 aliphatic heterocycles. The predicted octanol–water partition coefficient (Wildman–Crippen LogP) is -5.42. The van der Waals surface area contributed by atoms with Crippen LogP contribution in [0, 0.1) is 27.1 Å². The van der Waals surface area contributed by atoms with Crippen molar-refractivity contribution in [2.45, 2.75) is 132 Å². The normalized spacial score (nSPS) is 13.3. The maximum atomic E-state index is 11.3. The molecular weight excluding hydrogens is 999 g/mol. The average molecular weight is 1100 g/mol. The number of aliphatic hydroxyl groups excluding tert-OH is 15. The van der Waals surface area contributed by atoms with E-state index in [9.17, 15) is 54.3 Å². The van der Waals surface area contributed by atoms with Crippen LogP contribution in [-0.2, 0) is 28.8 Å². The van der Waals surface area contributed by atoms with Gasteiger partial charge in [-0.2, -0.15) is 0 Å². The van der Waals surface area contributed by atoms with E-state index in [2.05, 4.69) is 33.2 Å². The first-order chi connectivity index (χ1) is 34.5. The van der Waals surface area contributed by atoms with E-state index in [0.29, 0.717) is 64.8 Å². The predicted molar refractivity (Wildman–Crippen MR) is 276 cm³/mol. The first-order valence-electron chi connectivity index (χ1n) is 24.3. The van der Waals surface area contributed by atoms with Crippen molar-refractivity contribution in [1.29, 1.82) is 0 Å². The Labute approximate surface area is 442 Å². The van der Waals surface area contributed by atoms with E-state index < -0.39 is 93.1 Å². The monoisotopic (exact) mass is 1100 g/mol. The van der Waals surface area contributed by atoms with Crippen LogP contribution >= 0.6 is 0 Å². The number of amides is 5. The molecule has 0 unspecified atom stereocenters. The number of hydrogen-bond acceptors (Lipinski definition) is 21. The van der Waals surface area contributed by atoms with Gasteiger partial charge in [-0.1, -0.05) is 75.8 Å². The molecule has 0 spiro atoms. The van der Waals surface area contributed by atoms with Crippen molar-refractivity contribution in [1.82, 2.24) is 26.6 Å². The number of carbonyl (C=O) groups is 6. The first kappa shape index (κ1) is 82.3. The molecule has 75 heavy (non-hydrogen) atoms. The van der Waals surface area contributed by atoms with Gasteiger partial charge in [0, 0.05) is 98.9 Å². The molecule has 27 nitrogen and oxygen atoms in total. The molecule has 0 heterocycles. The van der Waals surface area contributed by atoms with E-state index in [1.807, 2.05) is 0 Å². The summed E-state index contributed by atoms with van der Waals surface area (Å²) in [6, 6.07) is 0. The third-order valence-corrected chi connectivity index (χ3v) is 10.3. The Hall–Kier alpha value is -4.04. The lowest BCUT2D eigenvalue weighted by Gasteiger charge is -2.27. The molecule has 21 N–H and O–H groups in total. The van der Waals surface area contributed by atoms with Crippen molar-refractivity contribution >= 4 is 35.5 Å². The average Bonchev–Trinajstić information content (AvgIpc) is 3.38. The molecule has 0 aromatic carbocycles. The van der Waals surface area contributed by atoms with Crippen LogP contribution in [-0.4, -0.2) is 247 Å². The zero-order chi connectivity index (χ0) is 60.2. The standard InChI is InChI=1S/5C9H19NO4.C3H4O2/c5*1-9(2,6-12)7(13)8(14)10-4-3-5-11;1-2-3(4)5/h5*7,11-13H,3-6H2,1-2H3,(H,10,14);2H,1H2,(H,4,5)/t5*7-;/m00000./s1. The third kappa shape index (κ3) is 41.8. The van der Waals surface area contributed by atoms with Gasteiger partial charge in [0.2, 0.25) is 29.5 Å². The fourth-order valence-electron chi connectivity index (χ4n) is 4.14. The second kappa shape index (κ2) is 46.1. The molecule has 448 valence electrons. The van der Waals surface area contributed by atoms with Crippen LogP contribution in [0.4, 0.5) is 0 Å². The Morgan fingerprint density at radius 2 is 0.467 bits per heavy atom. The maximum absolute atomic E-state index is 11.3. The number of carbonyl (C=O) groups excluding carboxylic acids is 5. The lowest BCUT2D eigenvalue weighted by molar-refractivity contribution is -0.137. The Bertz CT molecular complexity index is 1290. The highest BCUT2D eigenvalue weighted by atomic mass is 16.4. The van der Waals surface area contributed by atoms with Gasteiger partial charge >= 0.3 is 5.97 Å². The van der Waals surface area contributed by atoms with Crippen molar-refractivity contribution in [3.63, 3.8) is 0 Å². The van der Waals surface area contributed by atoms with Crippen molar-refractivity contribution in [3.8, 4) is 0 Å². The molecule has 27 heteroatoms. The number of nitrogens with one attached hydrogen (secondary N) is 5. The van der Waals surface area contributed by atoms with Gasteiger partial charge in [0.15, 0.2) is 0 Å². The zero-order valence-corrected chi connectivity index (χ0v) is 45.9. The van der Waals surface area contributed by atoms with Crippen LogP contribution in [0.1, 0.15) is 101 Å². The molecule has 0 aromatic heterocycles. The number of carboxylic acid groups (broad SMARTS) is 1. The summed E-state index contributed by atoms with van der Waals surface area (Å²) >= 11 is 0. The Kier molecular flexibility index (Phi) is 50.6. The lowest BCUT2D eigenvalue weighted by atomic mass is 9.87. The highest BCUT2D eigenvalue weighted by molar-refractivity contribution is 5.83. The molecule has 0 saturated heterocycles. The summed E-state index contributed by atoms with van der Waals surface area (Å²) in [5.74, 6) is -3.56. The molecule has 0 bridgehead atoms. The molecule has 0 saturated carbocycles. The molecule has 0 fully saturated rings. The Morgan fingerprint density at radius 3 is 0.547 bits per heavy atom. The first-order valence-corrected chi connectivity index (χ1v) is 24.3. The molecule has 5 atom stereocenters. The Morgan fingerprint density at radius 1 is 0.347 bits per heavy atom. The van der Waals surface area contributed by atoms with E-state index in [-0.39, 0.29) is 66.1 Å². The summed E-state index contributed by atoms with van der Waals surface area (Å²) in [6.07, 6.45) is -3.04. The van der Waals surface area contributed by atoms with Crippen LogP contribution in [0.15, 0.2) is 12.7 Å². The van der Waals surface area contributed by atoms with Crippen molar-refractivity contribution < 1.29 is 110 Å². The summed E-state index contributed by atoms with van der Waals surface area (Å²) in [5, 5.41) is 154. The molecule has 0 aliphatic carbocycles. The van der Waals surface area contributed by atoms with E-state index >= 15 is 0 Å². The SMILES string of the molecule is C=CC(=O)O.CC(C)(CO)[C@@H](O)C(=O)NCCCO.CC(C)(CO)[C@@H](O)C(=O)NCCCO.CC(C)(CO)[C@@H](O)C(=O)NCCCO.CC(C)(CO)[C@@H](O)C(=O)NCCCO.CC(C)(CO)[C@@H](O)C(=O)NCCCO. The fourth-order valence-corrected chi connectivity index (χ4v) is 4.14. The zero-order valence-electron chi connectivity index (χ0n) is 45.9. The number of aliphatic carboxylic acids is 1. The molecular formula is C48H99N5O22. The summed E-state index contributed by atoms with van der Waals surface area (Å²) in [4.78, 5) is 65.6. The van der Waals surface area contributed by atoms with Gasteiger partial charge in [-0.05, 0) is 32.1 Å². The van der Waals surface area contributed by atoms with Gasteiger partial charge in [-0.3, -0.25) is 24.0 Å². The maximum Gasteiger partial charge on any atom is 0.327 e. The van der Waals surface area contributed by atoms with Gasteiger partial charge in [-0.15, -0.1) is 0 Å². The van der Waals surface area contributed by atoms with E-state index in [0.717, 1.165) is 6.08 Å². The van der Waals surface area contributed by atoms with Crippen LogP contribution < -0.4 is 26.6 Å². The quantitative estimate of drug-likeness (QED) is 0.0228. The summed E-state index contributed by atoms with van der Waals surface area (Å²) in [5.41, 5.74) is -4.22. The van der Waals surface area contributed by atoms with Gasteiger partial charge in [0.05, 0.1) is 33.0 Å². The van der Waals surface area contributed by atoms with Gasteiger partial charge in [0.1, 0.15) is 30.5 Å². The molecule has 0 radical (unpaired) electrons. The number of aliphatic hydroxyl groups is 15. The minimum absolute atomic E-state index is 0.000230. The molecule has 0 aliphatic rings. The van der Waals surface area contributed by atoms with E-state index in [4.69, 9.17) is 56.2 Å². The van der Waals surface area contributed by atoms with Crippen molar-refractivity contribution in [3.05, 3.63) is 12.7 Å². The largest absolute Gasteiger partial charge is 0.478 e.